The second kappa shape index (κ2) is 6.11. The highest BCUT2D eigenvalue weighted by molar-refractivity contribution is 5.94. The molecule has 4 rings (SSSR count). The van der Waals surface area contributed by atoms with Gasteiger partial charge in [0.15, 0.2) is 5.65 Å². The number of aryl methyl sites for hydroxylation is 1. The zero-order valence-electron chi connectivity index (χ0n) is 14.5. The highest BCUT2D eigenvalue weighted by atomic mass is 16.2. The van der Waals surface area contributed by atoms with Crippen LogP contribution in [0.5, 0.6) is 0 Å². The minimum absolute atomic E-state index is 0.339. The highest BCUT2D eigenvalue weighted by Gasteiger charge is 2.17. The number of benzene rings is 2. The molecule has 0 saturated heterocycles. The van der Waals surface area contributed by atoms with Crippen molar-refractivity contribution in [2.75, 3.05) is 0 Å². The molecule has 0 aliphatic rings. The van der Waals surface area contributed by atoms with Crippen molar-refractivity contribution in [2.45, 2.75) is 0 Å². The minimum Gasteiger partial charge on any atom is -0.280 e. The van der Waals surface area contributed by atoms with E-state index < -0.39 is 0 Å². The summed E-state index contributed by atoms with van der Waals surface area (Å²) in [6, 6.07) is 21.3. The second-order valence-electron chi connectivity index (χ2n) is 6.19. The van der Waals surface area contributed by atoms with Crippen molar-refractivity contribution in [3.63, 3.8) is 0 Å². The molecule has 0 saturated carbocycles. The molecule has 0 fully saturated rings. The van der Waals surface area contributed by atoms with E-state index in [9.17, 15) is 9.59 Å². The van der Waals surface area contributed by atoms with Crippen LogP contribution in [0.1, 0.15) is 0 Å². The van der Waals surface area contributed by atoms with Crippen LogP contribution >= 0.6 is 0 Å². The number of nitrogens with zero attached hydrogens (tertiary/aromatic N) is 3. The van der Waals surface area contributed by atoms with Gasteiger partial charge in [0.05, 0.1) is 11.1 Å². The van der Waals surface area contributed by atoms with Gasteiger partial charge in [-0.25, -0.2) is 9.78 Å². The Morgan fingerprint density at radius 3 is 1.96 bits per heavy atom. The van der Waals surface area contributed by atoms with E-state index in [2.05, 4.69) is 4.98 Å². The van der Waals surface area contributed by atoms with Crippen LogP contribution in [0.15, 0.2) is 76.3 Å². The standard InChI is InChI=1S/C21H17N3O2/c1-23-19-18(20(25)24(2)21(23)26)16(14-9-5-3-6-10-14)13-17(22-19)15-11-7-4-8-12-15/h3-13H,1-2H3. The Hall–Kier alpha value is -3.47. The molecule has 128 valence electrons. The summed E-state index contributed by atoms with van der Waals surface area (Å²) >= 11 is 0. The van der Waals surface area contributed by atoms with Gasteiger partial charge in [-0.15, -0.1) is 0 Å². The van der Waals surface area contributed by atoms with Crippen molar-refractivity contribution >= 4 is 11.0 Å². The Morgan fingerprint density at radius 2 is 1.35 bits per heavy atom. The van der Waals surface area contributed by atoms with Gasteiger partial charge < -0.3 is 0 Å². The summed E-state index contributed by atoms with van der Waals surface area (Å²) in [5, 5.41) is 0.445. The van der Waals surface area contributed by atoms with Crippen LogP contribution in [-0.2, 0) is 14.1 Å². The van der Waals surface area contributed by atoms with Crippen LogP contribution in [0, 0.1) is 0 Å². The summed E-state index contributed by atoms with van der Waals surface area (Å²) in [6.45, 7) is 0. The van der Waals surface area contributed by atoms with E-state index in [4.69, 9.17) is 0 Å². The summed E-state index contributed by atoms with van der Waals surface area (Å²) in [5.41, 5.74) is 2.99. The quantitative estimate of drug-likeness (QED) is 0.562. The van der Waals surface area contributed by atoms with Crippen molar-refractivity contribution < 1.29 is 0 Å². The smallest absolute Gasteiger partial charge is 0.280 e. The third kappa shape index (κ3) is 2.45. The predicted molar refractivity (Wildman–Crippen MR) is 103 cm³/mol. The van der Waals surface area contributed by atoms with Crippen molar-refractivity contribution in [1.29, 1.82) is 0 Å². The van der Waals surface area contributed by atoms with Crippen molar-refractivity contribution in [3.8, 4) is 22.4 Å². The summed E-state index contributed by atoms with van der Waals surface area (Å²) in [7, 11) is 3.13. The van der Waals surface area contributed by atoms with Crippen LogP contribution in [0.2, 0.25) is 0 Å². The summed E-state index contributed by atoms with van der Waals surface area (Å²) in [4.78, 5) is 29.9. The maximum atomic E-state index is 12.9. The molecule has 0 N–H and O–H groups in total. The molecule has 0 spiro atoms. The summed E-state index contributed by atoms with van der Waals surface area (Å²) < 4.78 is 2.55. The van der Waals surface area contributed by atoms with Crippen molar-refractivity contribution in [3.05, 3.63) is 87.6 Å². The fraction of sp³-hybridized carbons (Fsp3) is 0.0952. The van der Waals surface area contributed by atoms with Gasteiger partial charge in [-0.2, -0.15) is 0 Å². The molecule has 4 aromatic rings. The molecule has 0 bridgehead atoms. The lowest BCUT2D eigenvalue weighted by molar-refractivity contribution is 0.708. The molecule has 2 heterocycles. The van der Waals surface area contributed by atoms with Gasteiger partial charge >= 0.3 is 5.69 Å². The highest BCUT2D eigenvalue weighted by Crippen LogP contribution is 2.29. The van der Waals surface area contributed by atoms with Gasteiger partial charge in [-0.3, -0.25) is 13.9 Å². The monoisotopic (exact) mass is 343 g/mol. The van der Waals surface area contributed by atoms with Crippen LogP contribution in [0.3, 0.4) is 0 Å². The van der Waals surface area contributed by atoms with E-state index in [0.717, 1.165) is 27.0 Å². The third-order valence-electron chi connectivity index (χ3n) is 4.56. The molecule has 0 radical (unpaired) electrons. The first-order valence-corrected chi connectivity index (χ1v) is 8.29. The van der Waals surface area contributed by atoms with Gasteiger partial charge in [0.2, 0.25) is 0 Å². The first-order chi connectivity index (χ1) is 12.6. The number of hydrogen-bond donors (Lipinski definition) is 0. The van der Waals surface area contributed by atoms with E-state index in [1.54, 1.807) is 7.05 Å². The fourth-order valence-corrected chi connectivity index (χ4v) is 3.16. The molecule has 2 aromatic carbocycles. The fourth-order valence-electron chi connectivity index (χ4n) is 3.16. The molecule has 0 aliphatic heterocycles. The molecule has 0 aliphatic carbocycles. The maximum absolute atomic E-state index is 12.9. The number of hydrogen-bond acceptors (Lipinski definition) is 3. The average Bonchev–Trinajstić information content (AvgIpc) is 2.71. The molecule has 5 heteroatoms. The number of pyridine rings is 1. The van der Waals surface area contributed by atoms with Gasteiger partial charge in [-0.1, -0.05) is 60.7 Å². The zero-order chi connectivity index (χ0) is 18.3. The maximum Gasteiger partial charge on any atom is 0.332 e. The lowest BCUT2D eigenvalue weighted by Crippen LogP contribution is -2.37. The Kier molecular flexibility index (Phi) is 3.77. The number of rotatable bonds is 2. The largest absolute Gasteiger partial charge is 0.332 e. The minimum atomic E-state index is -0.390. The molecule has 5 nitrogen and oxygen atoms in total. The van der Waals surface area contributed by atoms with E-state index in [-0.39, 0.29) is 11.2 Å². The second-order valence-corrected chi connectivity index (χ2v) is 6.19. The molecular weight excluding hydrogens is 326 g/mol. The lowest BCUT2D eigenvalue weighted by Gasteiger charge is -2.13. The normalized spacial score (nSPS) is 11.0. The molecule has 2 aromatic heterocycles. The van der Waals surface area contributed by atoms with Gasteiger partial charge in [0.25, 0.3) is 5.56 Å². The molecule has 0 unspecified atom stereocenters. The Balaban J connectivity index is 2.20. The van der Waals surface area contributed by atoms with Crippen LogP contribution in [-0.4, -0.2) is 14.1 Å². The molecule has 0 amide bonds. The third-order valence-corrected chi connectivity index (χ3v) is 4.56. The SMILES string of the molecule is Cn1c(=O)c2c(-c3ccccc3)cc(-c3ccccc3)nc2n(C)c1=O. The number of aromatic nitrogens is 3. The van der Waals surface area contributed by atoms with Gasteiger partial charge in [0.1, 0.15) is 0 Å². The average molecular weight is 343 g/mol. The van der Waals surface area contributed by atoms with E-state index >= 15 is 0 Å². The summed E-state index contributed by atoms with van der Waals surface area (Å²) in [6.07, 6.45) is 0. The van der Waals surface area contributed by atoms with E-state index in [1.165, 1.54) is 11.6 Å². The van der Waals surface area contributed by atoms with Crippen molar-refractivity contribution in [2.24, 2.45) is 14.1 Å². The Bertz CT molecular complexity index is 1220. The van der Waals surface area contributed by atoms with Crippen LogP contribution in [0.25, 0.3) is 33.4 Å². The number of fused-ring (bicyclic) bond motifs is 1. The van der Waals surface area contributed by atoms with Gasteiger partial charge in [-0.05, 0) is 11.6 Å². The van der Waals surface area contributed by atoms with Crippen LogP contribution < -0.4 is 11.2 Å². The van der Waals surface area contributed by atoms with E-state index in [0.29, 0.717) is 11.0 Å². The van der Waals surface area contributed by atoms with Crippen molar-refractivity contribution in [1.82, 2.24) is 14.1 Å². The summed E-state index contributed by atoms with van der Waals surface area (Å²) in [5.74, 6) is 0. The molecule has 26 heavy (non-hydrogen) atoms. The molecular formula is C21H17N3O2. The molecule has 0 atom stereocenters. The lowest BCUT2D eigenvalue weighted by atomic mass is 10.00. The Morgan fingerprint density at radius 1 is 0.769 bits per heavy atom. The van der Waals surface area contributed by atoms with E-state index in [1.807, 2.05) is 66.7 Å². The topological polar surface area (TPSA) is 56.9 Å². The van der Waals surface area contributed by atoms with Gasteiger partial charge in [0, 0.05) is 25.2 Å². The van der Waals surface area contributed by atoms with Crippen LogP contribution in [0.4, 0.5) is 0 Å². The first kappa shape index (κ1) is 16.0. The Labute approximate surface area is 149 Å². The predicted octanol–water partition coefficient (Wildman–Crippen LogP) is 2.97. The first-order valence-electron chi connectivity index (χ1n) is 8.29. The zero-order valence-corrected chi connectivity index (χ0v) is 14.5.